The number of rotatable bonds is 11. The molecule has 240 valence electrons. The van der Waals surface area contributed by atoms with Crippen LogP contribution in [0.3, 0.4) is 0 Å². The molecule has 8 rings (SSSR count). The molecule has 5 aromatic heterocycles. The average Bonchev–Trinajstić information content (AvgIpc) is 3.91. The molecular weight excluding hydrogens is 595 g/mol. The smallest absolute Gasteiger partial charge is 0.138 e. The molecule has 10 nitrogen and oxygen atoms in total. The average molecular weight is 633 g/mol. The number of pyridine rings is 3. The van der Waals surface area contributed by atoms with Gasteiger partial charge in [-0.2, -0.15) is 5.10 Å². The molecule has 7 heterocycles. The molecule has 2 saturated heterocycles. The van der Waals surface area contributed by atoms with Gasteiger partial charge in [0.25, 0.3) is 0 Å². The second kappa shape index (κ2) is 13.1. The lowest BCUT2D eigenvalue weighted by Crippen LogP contribution is -2.25. The molecule has 6 aromatic rings. The van der Waals surface area contributed by atoms with Crippen molar-refractivity contribution in [3.63, 3.8) is 0 Å². The first-order valence-electron chi connectivity index (χ1n) is 16.5. The van der Waals surface area contributed by atoms with Gasteiger partial charge in [-0.1, -0.05) is 0 Å². The van der Waals surface area contributed by atoms with E-state index in [1.165, 1.54) is 37.8 Å². The summed E-state index contributed by atoms with van der Waals surface area (Å²) in [6, 6.07) is 14.7. The summed E-state index contributed by atoms with van der Waals surface area (Å²) >= 11 is 0. The summed E-state index contributed by atoms with van der Waals surface area (Å²) in [7, 11) is 0. The molecule has 0 bridgehead atoms. The van der Waals surface area contributed by atoms with E-state index in [1.54, 1.807) is 18.6 Å². The number of aromatic nitrogens is 6. The SMILES string of the molecule is Fc1cc(OCCN2CCCC2)cc(-c2ccnc3[nH]c(-c4n[nH]c5ccc(-c6cncc(OCCN7CCCC7)c6)nc45)cc23)c1. The van der Waals surface area contributed by atoms with Crippen molar-refractivity contribution in [3.05, 3.63) is 72.9 Å². The summed E-state index contributed by atoms with van der Waals surface area (Å²) in [5.41, 5.74) is 6.83. The zero-order valence-corrected chi connectivity index (χ0v) is 26.2. The van der Waals surface area contributed by atoms with E-state index in [4.69, 9.17) is 14.5 Å². The van der Waals surface area contributed by atoms with Gasteiger partial charge in [-0.3, -0.25) is 19.9 Å². The van der Waals surface area contributed by atoms with Crippen LogP contribution in [0.4, 0.5) is 4.39 Å². The minimum Gasteiger partial charge on any atom is -0.492 e. The second-order valence-electron chi connectivity index (χ2n) is 12.3. The Bertz CT molecular complexity index is 2010. The van der Waals surface area contributed by atoms with Crippen molar-refractivity contribution in [2.24, 2.45) is 0 Å². The van der Waals surface area contributed by atoms with Crippen LogP contribution < -0.4 is 9.47 Å². The molecule has 1 aromatic carbocycles. The maximum atomic E-state index is 14.8. The first-order chi connectivity index (χ1) is 23.2. The van der Waals surface area contributed by atoms with Crippen LogP contribution in [-0.4, -0.2) is 92.4 Å². The molecule has 2 aliphatic heterocycles. The lowest BCUT2D eigenvalue weighted by atomic mass is 10.0. The molecule has 47 heavy (non-hydrogen) atoms. The highest BCUT2D eigenvalue weighted by Crippen LogP contribution is 2.35. The van der Waals surface area contributed by atoms with E-state index in [9.17, 15) is 4.39 Å². The van der Waals surface area contributed by atoms with E-state index in [0.29, 0.717) is 30.3 Å². The molecule has 11 heteroatoms. The second-order valence-corrected chi connectivity index (χ2v) is 12.3. The molecule has 0 radical (unpaired) electrons. The van der Waals surface area contributed by atoms with Crippen molar-refractivity contribution >= 4 is 22.1 Å². The molecular formula is C36H37FN8O2. The van der Waals surface area contributed by atoms with Crippen LogP contribution in [0.2, 0.25) is 0 Å². The van der Waals surface area contributed by atoms with Crippen molar-refractivity contribution in [3.8, 4) is 45.3 Å². The van der Waals surface area contributed by atoms with E-state index in [2.05, 4.69) is 34.9 Å². The normalized spacial score (nSPS) is 15.7. The van der Waals surface area contributed by atoms with Gasteiger partial charge in [0.2, 0.25) is 0 Å². The number of halogens is 1. The Morgan fingerprint density at radius 3 is 2.32 bits per heavy atom. The van der Waals surface area contributed by atoms with Gasteiger partial charge in [0, 0.05) is 42.5 Å². The van der Waals surface area contributed by atoms with Crippen LogP contribution >= 0.6 is 0 Å². The number of H-pyrrole nitrogens is 2. The number of hydrogen-bond acceptors (Lipinski definition) is 8. The first kappa shape index (κ1) is 29.5. The van der Waals surface area contributed by atoms with Crippen molar-refractivity contribution < 1.29 is 13.9 Å². The Hall–Kier alpha value is -4.87. The standard InChI is InChI=1S/C36H37FN8O2/c37-26-17-24(18-27(20-26)46-15-13-44-9-1-2-10-44)29-7-8-39-36-30(29)21-33(41-36)35-34-32(42-43-35)6-5-31(40-34)25-19-28(23-38-22-25)47-16-14-45-11-3-4-12-45/h5-8,17-23H,1-4,9-16H2,(H,39,41)(H,42,43). The van der Waals surface area contributed by atoms with Crippen LogP contribution in [-0.2, 0) is 0 Å². The molecule has 0 atom stereocenters. The number of nitrogens with one attached hydrogen (secondary N) is 2. The molecule has 0 aliphatic carbocycles. The van der Waals surface area contributed by atoms with Crippen LogP contribution in [0.15, 0.2) is 67.1 Å². The Labute approximate surface area is 272 Å². The summed E-state index contributed by atoms with van der Waals surface area (Å²) in [5.74, 6) is 0.901. The first-order valence-corrected chi connectivity index (χ1v) is 16.5. The minimum absolute atomic E-state index is 0.343. The third kappa shape index (κ3) is 6.41. The zero-order chi connectivity index (χ0) is 31.6. The van der Waals surface area contributed by atoms with Crippen molar-refractivity contribution in [2.45, 2.75) is 25.7 Å². The fraction of sp³-hybridized carbons (Fsp3) is 0.333. The predicted molar refractivity (Wildman–Crippen MR) is 180 cm³/mol. The summed E-state index contributed by atoms with van der Waals surface area (Å²) in [6.45, 7) is 7.40. The molecule has 0 saturated carbocycles. The molecule has 2 aliphatic rings. The minimum atomic E-state index is -0.343. The Balaban J connectivity index is 1.05. The predicted octanol–water partition coefficient (Wildman–Crippen LogP) is 6.32. The van der Waals surface area contributed by atoms with Gasteiger partial charge in [0.05, 0.1) is 23.1 Å². The Morgan fingerprint density at radius 2 is 1.53 bits per heavy atom. The highest BCUT2D eigenvalue weighted by molar-refractivity contribution is 5.99. The summed E-state index contributed by atoms with van der Waals surface area (Å²) in [6.07, 6.45) is 10.2. The van der Waals surface area contributed by atoms with Crippen LogP contribution in [0.1, 0.15) is 25.7 Å². The number of likely N-dealkylation sites (tertiary alicyclic amines) is 2. The molecule has 0 spiro atoms. The van der Waals surface area contributed by atoms with Crippen LogP contribution in [0.25, 0.3) is 55.8 Å². The highest BCUT2D eigenvalue weighted by atomic mass is 19.1. The van der Waals surface area contributed by atoms with Gasteiger partial charge < -0.3 is 14.5 Å². The third-order valence-corrected chi connectivity index (χ3v) is 9.14. The van der Waals surface area contributed by atoms with Crippen LogP contribution in [0.5, 0.6) is 11.5 Å². The van der Waals surface area contributed by atoms with Gasteiger partial charge in [0.1, 0.15) is 47.4 Å². The zero-order valence-electron chi connectivity index (χ0n) is 26.2. The molecule has 2 fully saturated rings. The van der Waals surface area contributed by atoms with E-state index >= 15 is 0 Å². The van der Waals surface area contributed by atoms with E-state index < -0.39 is 0 Å². The van der Waals surface area contributed by atoms with Crippen molar-refractivity contribution in [1.82, 2.24) is 39.9 Å². The number of benzene rings is 1. The monoisotopic (exact) mass is 632 g/mol. The quantitative estimate of drug-likeness (QED) is 0.171. The van der Waals surface area contributed by atoms with E-state index in [1.807, 2.05) is 36.4 Å². The maximum absolute atomic E-state index is 14.8. The molecule has 0 unspecified atom stereocenters. The number of fused-ring (bicyclic) bond motifs is 2. The summed E-state index contributed by atoms with van der Waals surface area (Å²) in [5, 5.41) is 8.58. The maximum Gasteiger partial charge on any atom is 0.138 e. The topological polar surface area (TPSA) is 108 Å². The van der Waals surface area contributed by atoms with Gasteiger partial charge in [0.15, 0.2) is 0 Å². The van der Waals surface area contributed by atoms with Gasteiger partial charge >= 0.3 is 0 Å². The van der Waals surface area contributed by atoms with Crippen molar-refractivity contribution in [1.29, 1.82) is 0 Å². The van der Waals surface area contributed by atoms with E-state index in [-0.39, 0.29) is 5.82 Å². The van der Waals surface area contributed by atoms with Crippen LogP contribution in [0, 0.1) is 5.82 Å². The molecule has 0 amide bonds. The summed E-state index contributed by atoms with van der Waals surface area (Å²) < 4.78 is 26.8. The van der Waals surface area contributed by atoms with Gasteiger partial charge in [-0.05, 0) is 105 Å². The number of aromatic amines is 2. The summed E-state index contributed by atoms with van der Waals surface area (Å²) in [4.78, 5) is 22.2. The van der Waals surface area contributed by atoms with Gasteiger partial charge in [-0.25, -0.2) is 14.4 Å². The lowest BCUT2D eigenvalue weighted by molar-refractivity contribution is 0.237. The number of nitrogens with zero attached hydrogens (tertiary/aromatic N) is 6. The molecule has 2 N–H and O–H groups in total. The fourth-order valence-electron chi connectivity index (χ4n) is 6.69. The Kier molecular flexibility index (Phi) is 8.22. The fourth-order valence-corrected chi connectivity index (χ4v) is 6.69. The Morgan fingerprint density at radius 1 is 0.787 bits per heavy atom. The highest BCUT2D eigenvalue weighted by Gasteiger charge is 2.18. The largest absolute Gasteiger partial charge is 0.492 e. The van der Waals surface area contributed by atoms with E-state index in [0.717, 1.165) is 89.5 Å². The number of hydrogen-bond donors (Lipinski definition) is 2. The van der Waals surface area contributed by atoms with Crippen molar-refractivity contribution in [2.75, 3.05) is 52.5 Å². The lowest BCUT2D eigenvalue weighted by Gasteiger charge is -2.15. The number of ether oxygens (including phenoxy) is 2. The van der Waals surface area contributed by atoms with Gasteiger partial charge in [-0.15, -0.1) is 0 Å². The third-order valence-electron chi connectivity index (χ3n) is 9.14.